The molecule has 0 aromatic rings. The Hall–Kier alpha value is -0.600. The second-order valence-corrected chi connectivity index (χ2v) is 6.91. The molecule has 0 spiro atoms. The van der Waals surface area contributed by atoms with Gasteiger partial charge in [-0.2, -0.15) is 0 Å². The number of guanidine groups is 1. The van der Waals surface area contributed by atoms with Crippen molar-refractivity contribution in [1.29, 1.82) is 0 Å². The number of aliphatic imine (C=N–C) groups is 1. The maximum atomic E-state index is 5.75. The van der Waals surface area contributed by atoms with Crippen LogP contribution in [0.25, 0.3) is 0 Å². The van der Waals surface area contributed by atoms with Gasteiger partial charge in [0.05, 0.1) is 6.10 Å². The monoisotopic (exact) mass is 478 g/mol. The third-order valence-corrected chi connectivity index (χ3v) is 4.79. The lowest BCUT2D eigenvalue weighted by atomic mass is 10.0. The molecule has 1 aliphatic rings. The van der Waals surface area contributed by atoms with Crippen LogP contribution < -0.4 is 5.32 Å². The second-order valence-electron chi connectivity index (χ2n) is 6.91. The van der Waals surface area contributed by atoms with Gasteiger partial charge in [-0.05, 0) is 25.7 Å². The summed E-state index contributed by atoms with van der Waals surface area (Å²) in [6, 6.07) is 0.411. The average molecular weight is 478 g/mol. The summed E-state index contributed by atoms with van der Waals surface area (Å²) in [4.78, 5) is 9.25. The summed E-state index contributed by atoms with van der Waals surface area (Å²) in [5, 5.41) is 3.59. The van der Waals surface area contributed by atoms with Crippen LogP contribution in [0.1, 0.15) is 33.6 Å². The summed E-state index contributed by atoms with van der Waals surface area (Å²) in [7, 11) is 1.87. The minimum Gasteiger partial charge on any atom is -0.378 e. The van der Waals surface area contributed by atoms with Gasteiger partial charge in [0.25, 0.3) is 0 Å². The topological polar surface area (TPSA) is 40.1 Å². The number of rotatable bonds is 10. The average Bonchev–Trinajstić information content (AvgIpc) is 2.60. The third kappa shape index (κ3) is 8.39. The van der Waals surface area contributed by atoms with E-state index in [1.165, 1.54) is 0 Å². The second kappa shape index (κ2) is 14.5. The number of piperidine rings is 1. The van der Waals surface area contributed by atoms with Crippen LogP contribution in [0.15, 0.2) is 30.3 Å². The standard InChI is InChI=1S/C20H38N4O.HI/c1-7-12-23(13-8-2)19(17(4)5)16-22-20(21-6)24-14-10-18(11-15-24)25-9-3;/h7-8,17-19H,1-2,9-16H2,3-6H3,(H,21,22);1H. The van der Waals surface area contributed by atoms with Gasteiger partial charge in [-0.3, -0.25) is 9.89 Å². The molecule has 0 aliphatic carbocycles. The molecule has 0 radical (unpaired) electrons. The van der Waals surface area contributed by atoms with Crippen molar-refractivity contribution < 1.29 is 4.74 Å². The van der Waals surface area contributed by atoms with E-state index in [0.717, 1.165) is 58.1 Å². The number of nitrogens with one attached hydrogen (secondary N) is 1. The highest BCUT2D eigenvalue weighted by atomic mass is 127. The Kier molecular flexibility index (Phi) is 14.1. The summed E-state index contributed by atoms with van der Waals surface area (Å²) in [6.07, 6.45) is 6.47. The van der Waals surface area contributed by atoms with Crippen molar-refractivity contribution in [1.82, 2.24) is 15.1 Å². The number of nitrogens with zero attached hydrogens (tertiary/aromatic N) is 3. The van der Waals surface area contributed by atoms with Gasteiger partial charge < -0.3 is 15.0 Å². The number of hydrogen-bond acceptors (Lipinski definition) is 3. The van der Waals surface area contributed by atoms with Crippen LogP contribution in [0, 0.1) is 5.92 Å². The van der Waals surface area contributed by atoms with E-state index in [0.29, 0.717) is 18.1 Å². The largest absolute Gasteiger partial charge is 0.378 e. The van der Waals surface area contributed by atoms with E-state index in [1.54, 1.807) is 0 Å². The SMILES string of the molecule is C=CCN(CC=C)C(CNC(=NC)N1CCC(OCC)CC1)C(C)C.I. The Labute approximate surface area is 178 Å². The molecule has 1 rings (SSSR count). The molecule has 1 N–H and O–H groups in total. The molecule has 1 heterocycles. The van der Waals surface area contributed by atoms with Gasteiger partial charge in [-0.25, -0.2) is 0 Å². The highest BCUT2D eigenvalue weighted by molar-refractivity contribution is 14.0. The Balaban J connectivity index is 0.00000625. The lowest BCUT2D eigenvalue weighted by Crippen LogP contribution is -2.52. The molecular formula is C20H39IN4O. The molecular weight excluding hydrogens is 439 g/mol. The first-order chi connectivity index (χ1) is 12.1. The number of halogens is 1. The molecule has 0 aromatic carbocycles. The van der Waals surface area contributed by atoms with Crippen LogP contribution in [-0.4, -0.2) is 74.3 Å². The summed E-state index contributed by atoms with van der Waals surface area (Å²) in [5.41, 5.74) is 0. The quantitative estimate of drug-likeness (QED) is 0.226. The van der Waals surface area contributed by atoms with Gasteiger partial charge in [-0.15, -0.1) is 37.1 Å². The maximum absolute atomic E-state index is 5.75. The van der Waals surface area contributed by atoms with Crippen molar-refractivity contribution in [3.63, 3.8) is 0 Å². The van der Waals surface area contributed by atoms with Crippen molar-refractivity contribution in [3.8, 4) is 0 Å². The van der Waals surface area contributed by atoms with Crippen molar-refractivity contribution >= 4 is 29.9 Å². The highest BCUT2D eigenvalue weighted by Crippen LogP contribution is 2.14. The van der Waals surface area contributed by atoms with E-state index in [-0.39, 0.29) is 24.0 Å². The smallest absolute Gasteiger partial charge is 0.193 e. The Morgan fingerprint density at radius 3 is 2.27 bits per heavy atom. The van der Waals surface area contributed by atoms with E-state index in [4.69, 9.17) is 4.74 Å². The molecule has 0 aromatic heterocycles. The number of hydrogen-bond donors (Lipinski definition) is 1. The molecule has 152 valence electrons. The van der Waals surface area contributed by atoms with Gasteiger partial charge in [0.2, 0.25) is 0 Å². The predicted molar refractivity (Wildman–Crippen MR) is 124 cm³/mol. The van der Waals surface area contributed by atoms with Crippen LogP contribution >= 0.6 is 24.0 Å². The fourth-order valence-electron chi connectivity index (χ4n) is 3.46. The van der Waals surface area contributed by atoms with E-state index in [9.17, 15) is 0 Å². The molecule has 0 amide bonds. The number of ether oxygens (including phenoxy) is 1. The van der Waals surface area contributed by atoms with Crippen molar-refractivity contribution in [2.45, 2.75) is 45.8 Å². The minimum absolute atomic E-state index is 0. The van der Waals surface area contributed by atoms with E-state index < -0.39 is 0 Å². The van der Waals surface area contributed by atoms with Crippen molar-refractivity contribution in [2.75, 3.05) is 46.4 Å². The normalized spacial score (nSPS) is 17.2. The van der Waals surface area contributed by atoms with Gasteiger partial charge >= 0.3 is 0 Å². The van der Waals surface area contributed by atoms with Crippen LogP contribution in [0.4, 0.5) is 0 Å². The van der Waals surface area contributed by atoms with Crippen LogP contribution in [0.5, 0.6) is 0 Å². The van der Waals surface area contributed by atoms with Gasteiger partial charge in [0.1, 0.15) is 0 Å². The summed E-state index contributed by atoms with van der Waals surface area (Å²) in [5.74, 6) is 1.53. The fraction of sp³-hybridized carbons (Fsp3) is 0.750. The molecule has 0 saturated carbocycles. The minimum atomic E-state index is 0. The first-order valence-electron chi connectivity index (χ1n) is 9.60. The van der Waals surface area contributed by atoms with Gasteiger partial charge in [0, 0.05) is 52.4 Å². The molecule has 5 nitrogen and oxygen atoms in total. The van der Waals surface area contributed by atoms with Crippen LogP contribution in [0.2, 0.25) is 0 Å². The maximum Gasteiger partial charge on any atom is 0.193 e. The number of likely N-dealkylation sites (tertiary alicyclic amines) is 1. The molecule has 1 fully saturated rings. The summed E-state index contributed by atoms with van der Waals surface area (Å²) in [6.45, 7) is 19.8. The molecule has 26 heavy (non-hydrogen) atoms. The predicted octanol–water partition coefficient (Wildman–Crippen LogP) is 3.38. The lowest BCUT2D eigenvalue weighted by Gasteiger charge is -2.37. The van der Waals surface area contributed by atoms with Gasteiger partial charge in [0.15, 0.2) is 5.96 Å². The van der Waals surface area contributed by atoms with E-state index in [1.807, 2.05) is 19.2 Å². The zero-order chi connectivity index (χ0) is 18.7. The van der Waals surface area contributed by atoms with E-state index >= 15 is 0 Å². The Bertz CT molecular complexity index is 410. The van der Waals surface area contributed by atoms with Crippen LogP contribution in [-0.2, 0) is 4.74 Å². The molecule has 0 bridgehead atoms. The molecule has 6 heteroatoms. The van der Waals surface area contributed by atoms with E-state index in [2.05, 4.69) is 54.0 Å². The Morgan fingerprint density at radius 1 is 1.27 bits per heavy atom. The molecule has 1 saturated heterocycles. The summed E-state index contributed by atoms with van der Waals surface area (Å²) < 4.78 is 5.75. The molecule has 1 aliphatic heterocycles. The highest BCUT2D eigenvalue weighted by Gasteiger charge is 2.24. The zero-order valence-corrected chi connectivity index (χ0v) is 19.4. The van der Waals surface area contributed by atoms with Crippen LogP contribution in [0.3, 0.4) is 0 Å². The Morgan fingerprint density at radius 2 is 1.85 bits per heavy atom. The lowest BCUT2D eigenvalue weighted by molar-refractivity contribution is 0.0263. The van der Waals surface area contributed by atoms with Crippen molar-refractivity contribution in [3.05, 3.63) is 25.3 Å². The summed E-state index contributed by atoms with van der Waals surface area (Å²) >= 11 is 0. The first-order valence-corrected chi connectivity index (χ1v) is 9.60. The van der Waals surface area contributed by atoms with Crippen molar-refractivity contribution in [2.24, 2.45) is 10.9 Å². The third-order valence-electron chi connectivity index (χ3n) is 4.79. The first kappa shape index (κ1) is 25.4. The molecule has 1 atom stereocenters. The zero-order valence-electron chi connectivity index (χ0n) is 17.1. The molecule has 1 unspecified atom stereocenters. The van der Waals surface area contributed by atoms with Gasteiger partial charge in [-0.1, -0.05) is 26.0 Å². The fourth-order valence-corrected chi connectivity index (χ4v) is 3.46.